The van der Waals surface area contributed by atoms with Gasteiger partial charge in [-0.2, -0.15) is 0 Å². The van der Waals surface area contributed by atoms with Gasteiger partial charge in [0.05, 0.1) is 6.61 Å². The summed E-state index contributed by atoms with van der Waals surface area (Å²) in [5, 5.41) is 10.5. The lowest BCUT2D eigenvalue weighted by molar-refractivity contribution is -0.190. The molecule has 0 spiro atoms. The van der Waals surface area contributed by atoms with Crippen LogP contribution in [0.15, 0.2) is 11.1 Å². The number of Topliss-reactive ketones (excluding diaryl/α,β-unsaturated/α-hetero) is 1. The zero-order chi connectivity index (χ0) is 24.6. The number of aliphatic hydroxyl groups excluding tert-OH is 1. The molecule has 0 amide bonds. The molecule has 190 valence electrons. The van der Waals surface area contributed by atoms with Gasteiger partial charge in [-0.15, -0.1) is 0 Å². The van der Waals surface area contributed by atoms with Crippen LogP contribution in [-0.2, 0) is 14.3 Å². The first-order chi connectivity index (χ1) is 16.0. The summed E-state index contributed by atoms with van der Waals surface area (Å²) in [6.45, 7) is 13.5. The van der Waals surface area contributed by atoms with Gasteiger partial charge in [-0.1, -0.05) is 40.2 Å². The van der Waals surface area contributed by atoms with Crippen LogP contribution in [0.25, 0.3) is 0 Å². The average Bonchev–Trinajstić information content (AvgIpc) is 3.08. The lowest BCUT2D eigenvalue weighted by Gasteiger charge is -2.67. The van der Waals surface area contributed by atoms with E-state index in [2.05, 4.69) is 34.6 Å². The van der Waals surface area contributed by atoms with E-state index in [1.807, 2.05) is 0 Å². The van der Waals surface area contributed by atoms with E-state index in [4.69, 9.17) is 4.74 Å². The molecule has 0 heterocycles. The van der Waals surface area contributed by atoms with Crippen LogP contribution in [0.2, 0.25) is 0 Å². The van der Waals surface area contributed by atoms with Crippen molar-refractivity contribution in [1.29, 1.82) is 0 Å². The minimum atomic E-state index is -0.279. The molecule has 9 unspecified atom stereocenters. The molecule has 0 bridgehead atoms. The van der Waals surface area contributed by atoms with Gasteiger partial charge in [-0.3, -0.25) is 9.59 Å². The largest absolute Gasteiger partial charge is 0.462 e. The van der Waals surface area contributed by atoms with E-state index < -0.39 is 0 Å². The lowest BCUT2D eigenvalue weighted by Crippen LogP contribution is -2.60. The summed E-state index contributed by atoms with van der Waals surface area (Å²) in [5.74, 6) is 3.19. The van der Waals surface area contributed by atoms with Crippen molar-refractivity contribution in [3.63, 3.8) is 0 Å². The highest BCUT2D eigenvalue weighted by Crippen LogP contribution is 2.71. The summed E-state index contributed by atoms with van der Waals surface area (Å²) >= 11 is 0. The van der Waals surface area contributed by atoms with Crippen LogP contribution < -0.4 is 0 Å². The Balaban J connectivity index is 1.49. The fourth-order valence-corrected chi connectivity index (χ4v) is 10.6. The predicted molar refractivity (Wildman–Crippen MR) is 133 cm³/mol. The van der Waals surface area contributed by atoms with Crippen LogP contribution in [0.4, 0.5) is 0 Å². The number of rotatable bonds is 3. The zero-order valence-corrected chi connectivity index (χ0v) is 22.3. The molecule has 1 N–H and O–H groups in total. The van der Waals surface area contributed by atoms with E-state index in [9.17, 15) is 14.7 Å². The van der Waals surface area contributed by atoms with Crippen molar-refractivity contribution in [3.05, 3.63) is 11.1 Å². The molecular weight excluding hydrogens is 424 g/mol. The number of allylic oxidation sites excluding steroid dienone is 1. The van der Waals surface area contributed by atoms with E-state index in [1.54, 1.807) is 6.92 Å². The number of esters is 1. The van der Waals surface area contributed by atoms with E-state index in [0.29, 0.717) is 47.2 Å². The van der Waals surface area contributed by atoms with E-state index in [1.165, 1.54) is 24.8 Å². The molecule has 0 aliphatic heterocycles. The second kappa shape index (κ2) is 8.18. The van der Waals surface area contributed by atoms with Crippen LogP contribution >= 0.6 is 0 Å². The number of aliphatic hydroxyl groups is 1. The molecule has 5 aliphatic rings. The summed E-state index contributed by atoms with van der Waals surface area (Å²) in [7, 11) is 0. The highest BCUT2D eigenvalue weighted by Gasteiger charge is 2.64. The van der Waals surface area contributed by atoms with Crippen LogP contribution in [0.1, 0.15) is 99.3 Å². The zero-order valence-electron chi connectivity index (χ0n) is 22.3. The van der Waals surface area contributed by atoms with Gasteiger partial charge in [0.15, 0.2) is 5.78 Å². The Morgan fingerprint density at radius 2 is 1.68 bits per heavy atom. The minimum absolute atomic E-state index is 0.0689. The molecule has 0 aromatic carbocycles. The summed E-state index contributed by atoms with van der Waals surface area (Å²) < 4.78 is 5.76. The molecule has 4 heteroatoms. The topological polar surface area (TPSA) is 63.6 Å². The lowest BCUT2D eigenvalue weighted by atomic mass is 9.38. The number of hydrogen-bond acceptors (Lipinski definition) is 4. The maximum Gasteiger partial charge on any atom is 0.302 e. The van der Waals surface area contributed by atoms with Gasteiger partial charge in [0, 0.05) is 18.8 Å². The van der Waals surface area contributed by atoms with Crippen molar-refractivity contribution in [2.45, 2.75) is 105 Å². The first-order valence-corrected chi connectivity index (χ1v) is 14.0. The quantitative estimate of drug-likeness (QED) is 0.505. The molecule has 0 radical (unpaired) electrons. The van der Waals surface area contributed by atoms with Crippen molar-refractivity contribution in [2.75, 3.05) is 6.61 Å². The molecular formula is C30H46O4. The molecule has 0 aromatic heterocycles. The standard InChI is InChI=1S/C30H46O4/c1-17(2)26-23(33)15-30(16-31)14-10-22-20(27(26)30)7-8-25-28(5)13-11-24(34-19(4)32)18(3)21(28)9-12-29(22,25)6/h17-18,20-22,24-25,31H,7-16H2,1-6H3. The Morgan fingerprint density at radius 3 is 2.32 bits per heavy atom. The monoisotopic (exact) mass is 470 g/mol. The van der Waals surface area contributed by atoms with Crippen LogP contribution in [0.3, 0.4) is 0 Å². The third kappa shape index (κ3) is 3.26. The Bertz CT molecular complexity index is 903. The van der Waals surface area contributed by atoms with Crippen LogP contribution in [0.5, 0.6) is 0 Å². The number of hydrogen-bond donors (Lipinski definition) is 1. The molecule has 5 aliphatic carbocycles. The van der Waals surface area contributed by atoms with Gasteiger partial charge >= 0.3 is 5.97 Å². The number of carbonyl (C=O) groups excluding carboxylic acids is 2. The highest BCUT2D eigenvalue weighted by atomic mass is 16.5. The SMILES string of the molecule is CC(=O)OC1CCC2(C)C(CCC3(C)C4CCC5(CO)CC(=O)C(C(C)C)=C5C4CCC32)C1C. The first kappa shape index (κ1) is 24.5. The Hall–Kier alpha value is -1.16. The summed E-state index contributed by atoms with van der Waals surface area (Å²) in [6.07, 6.45) is 9.68. The van der Waals surface area contributed by atoms with E-state index in [-0.39, 0.29) is 35.4 Å². The van der Waals surface area contributed by atoms with Crippen molar-refractivity contribution >= 4 is 11.8 Å². The van der Waals surface area contributed by atoms with Crippen molar-refractivity contribution in [3.8, 4) is 0 Å². The smallest absolute Gasteiger partial charge is 0.302 e. The molecule has 34 heavy (non-hydrogen) atoms. The Labute approximate surface area is 206 Å². The fraction of sp³-hybridized carbons (Fsp3) is 0.867. The first-order valence-electron chi connectivity index (χ1n) is 14.0. The minimum Gasteiger partial charge on any atom is -0.462 e. The van der Waals surface area contributed by atoms with Crippen LogP contribution in [0, 0.1) is 51.8 Å². The average molecular weight is 471 g/mol. The molecule has 4 saturated carbocycles. The number of ketones is 1. The van der Waals surface area contributed by atoms with Gasteiger partial charge in [-0.05, 0) is 103 Å². The second-order valence-electron chi connectivity index (χ2n) is 13.6. The van der Waals surface area contributed by atoms with Gasteiger partial charge in [-0.25, -0.2) is 0 Å². The van der Waals surface area contributed by atoms with E-state index >= 15 is 0 Å². The molecule has 9 atom stereocenters. The van der Waals surface area contributed by atoms with Crippen molar-refractivity contribution < 1.29 is 19.4 Å². The third-order valence-electron chi connectivity index (χ3n) is 11.9. The van der Waals surface area contributed by atoms with Gasteiger partial charge in [0.1, 0.15) is 6.10 Å². The Morgan fingerprint density at radius 1 is 1.03 bits per heavy atom. The predicted octanol–water partition coefficient (Wildman–Crippen LogP) is 6.11. The van der Waals surface area contributed by atoms with Crippen LogP contribution in [-0.4, -0.2) is 29.6 Å². The normalized spacial score (nSPS) is 48.2. The summed E-state index contributed by atoms with van der Waals surface area (Å²) in [6, 6.07) is 0. The summed E-state index contributed by atoms with van der Waals surface area (Å²) in [4.78, 5) is 24.9. The number of carbonyl (C=O) groups is 2. The summed E-state index contributed by atoms with van der Waals surface area (Å²) in [5.41, 5.74) is 2.75. The number of ether oxygens (including phenoxy) is 1. The van der Waals surface area contributed by atoms with Crippen molar-refractivity contribution in [1.82, 2.24) is 0 Å². The maximum absolute atomic E-state index is 13.2. The Kier molecular flexibility index (Phi) is 5.90. The molecule has 0 aromatic rings. The number of fused-ring (bicyclic) bond motifs is 7. The van der Waals surface area contributed by atoms with E-state index in [0.717, 1.165) is 37.7 Å². The third-order valence-corrected chi connectivity index (χ3v) is 11.9. The highest BCUT2D eigenvalue weighted by molar-refractivity contribution is 6.00. The maximum atomic E-state index is 13.2. The molecule has 4 nitrogen and oxygen atoms in total. The second-order valence-corrected chi connectivity index (χ2v) is 13.6. The van der Waals surface area contributed by atoms with Gasteiger partial charge < -0.3 is 9.84 Å². The molecule has 4 fully saturated rings. The van der Waals surface area contributed by atoms with Gasteiger partial charge in [0.25, 0.3) is 0 Å². The van der Waals surface area contributed by atoms with Crippen molar-refractivity contribution in [2.24, 2.45) is 51.8 Å². The van der Waals surface area contributed by atoms with Gasteiger partial charge in [0.2, 0.25) is 0 Å². The molecule has 0 saturated heterocycles. The fourth-order valence-electron chi connectivity index (χ4n) is 10.6. The molecule has 5 rings (SSSR count).